The minimum Gasteiger partial charge on any atom is -0.497 e. The van der Waals surface area contributed by atoms with Crippen molar-refractivity contribution in [2.75, 3.05) is 19.5 Å². The third kappa shape index (κ3) is 4.67. The number of rotatable bonds is 6. The van der Waals surface area contributed by atoms with Crippen molar-refractivity contribution in [2.24, 2.45) is 0 Å². The number of hydrogen-bond acceptors (Lipinski definition) is 5. The first kappa shape index (κ1) is 19.0. The molecule has 142 valence electrons. The van der Waals surface area contributed by atoms with E-state index < -0.39 is 5.97 Å². The second kappa shape index (κ2) is 8.73. The topological polar surface area (TPSA) is 73.9 Å². The van der Waals surface area contributed by atoms with Crippen molar-refractivity contribution in [1.82, 2.24) is 0 Å². The van der Waals surface area contributed by atoms with Gasteiger partial charge in [0.25, 0.3) is 5.91 Å². The number of anilines is 1. The summed E-state index contributed by atoms with van der Waals surface area (Å²) in [5, 5.41) is 2.79. The van der Waals surface area contributed by atoms with Crippen molar-refractivity contribution in [1.29, 1.82) is 0 Å². The molecule has 0 saturated heterocycles. The van der Waals surface area contributed by atoms with Gasteiger partial charge in [-0.3, -0.25) is 4.79 Å². The van der Waals surface area contributed by atoms with Crippen LogP contribution in [0.4, 0.5) is 5.69 Å². The molecule has 0 bridgehead atoms. The molecule has 0 aliphatic carbocycles. The fourth-order valence-corrected chi connectivity index (χ4v) is 2.47. The summed E-state index contributed by atoms with van der Waals surface area (Å²) < 4.78 is 15.5. The highest BCUT2D eigenvalue weighted by molar-refractivity contribution is 6.04. The van der Waals surface area contributed by atoms with E-state index in [9.17, 15) is 9.59 Å². The van der Waals surface area contributed by atoms with Gasteiger partial charge in [0.2, 0.25) is 0 Å². The second-order valence-corrected chi connectivity index (χ2v) is 5.83. The zero-order valence-electron chi connectivity index (χ0n) is 15.5. The lowest BCUT2D eigenvalue weighted by molar-refractivity contribution is 0.0734. The normalized spacial score (nSPS) is 10.1. The molecule has 0 spiro atoms. The van der Waals surface area contributed by atoms with E-state index in [1.807, 2.05) is 0 Å². The molecule has 0 aromatic heterocycles. The molecule has 0 unspecified atom stereocenters. The lowest BCUT2D eigenvalue weighted by Crippen LogP contribution is -2.12. The number of methoxy groups -OCH3 is 2. The van der Waals surface area contributed by atoms with Crippen LogP contribution in [0.25, 0.3) is 0 Å². The van der Waals surface area contributed by atoms with E-state index in [0.29, 0.717) is 34.1 Å². The SMILES string of the molecule is COc1ccc(NC(=O)c2ccc(OC(=O)c3cccc(OC)c3)cc2)cc1. The highest BCUT2D eigenvalue weighted by Crippen LogP contribution is 2.19. The van der Waals surface area contributed by atoms with E-state index in [1.165, 1.54) is 7.11 Å². The largest absolute Gasteiger partial charge is 0.497 e. The van der Waals surface area contributed by atoms with Crippen LogP contribution >= 0.6 is 0 Å². The molecule has 0 fully saturated rings. The third-order valence-electron chi connectivity index (χ3n) is 3.98. The van der Waals surface area contributed by atoms with Gasteiger partial charge in [-0.1, -0.05) is 6.07 Å². The molecule has 0 aliphatic heterocycles. The lowest BCUT2D eigenvalue weighted by Gasteiger charge is -2.08. The van der Waals surface area contributed by atoms with E-state index in [4.69, 9.17) is 14.2 Å². The third-order valence-corrected chi connectivity index (χ3v) is 3.98. The van der Waals surface area contributed by atoms with Crippen LogP contribution in [-0.4, -0.2) is 26.1 Å². The number of amides is 1. The first-order valence-electron chi connectivity index (χ1n) is 8.51. The maximum atomic E-state index is 12.3. The Hall–Kier alpha value is -3.80. The number of ether oxygens (including phenoxy) is 3. The maximum absolute atomic E-state index is 12.3. The van der Waals surface area contributed by atoms with Crippen LogP contribution < -0.4 is 19.5 Å². The molecular weight excluding hydrogens is 358 g/mol. The molecule has 0 radical (unpaired) electrons. The van der Waals surface area contributed by atoms with Crippen molar-refractivity contribution in [3.8, 4) is 17.2 Å². The molecule has 6 nitrogen and oxygen atoms in total. The summed E-state index contributed by atoms with van der Waals surface area (Å²) in [6, 6.07) is 20.0. The van der Waals surface area contributed by atoms with Crippen LogP contribution in [-0.2, 0) is 0 Å². The lowest BCUT2D eigenvalue weighted by atomic mass is 10.2. The summed E-state index contributed by atoms with van der Waals surface area (Å²) in [4.78, 5) is 24.6. The molecule has 3 aromatic carbocycles. The van der Waals surface area contributed by atoms with Gasteiger partial charge in [-0.2, -0.15) is 0 Å². The van der Waals surface area contributed by atoms with Crippen LogP contribution in [0.5, 0.6) is 17.2 Å². The Bertz CT molecular complexity index is 965. The van der Waals surface area contributed by atoms with Crippen molar-refractivity contribution < 1.29 is 23.8 Å². The summed E-state index contributed by atoms with van der Waals surface area (Å²) in [7, 11) is 3.11. The van der Waals surface area contributed by atoms with Crippen molar-refractivity contribution in [3.63, 3.8) is 0 Å². The first-order valence-corrected chi connectivity index (χ1v) is 8.51. The highest BCUT2D eigenvalue weighted by atomic mass is 16.5. The molecule has 6 heteroatoms. The number of carbonyl (C=O) groups excluding carboxylic acids is 2. The van der Waals surface area contributed by atoms with Gasteiger partial charge in [0, 0.05) is 11.3 Å². The van der Waals surface area contributed by atoms with E-state index in [0.717, 1.165) is 0 Å². The Morgan fingerprint density at radius 2 is 1.36 bits per heavy atom. The number of carbonyl (C=O) groups is 2. The molecule has 0 aliphatic rings. The van der Waals surface area contributed by atoms with Crippen LogP contribution in [0.1, 0.15) is 20.7 Å². The first-order chi connectivity index (χ1) is 13.6. The molecule has 3 aromatic rings. The summed E-state index contributed by atoms with van der Waals surface area (Å²) >= 11 is 0. The van der Waals surface area contributed by atoms with Gasteiger partial charge < -0.3 is 19.5 Å². The Balaban J connectivity index is 1.63. The molecule has 0 atom stereocenters. The Labute approximate surface area is 162 Å². The average Bonchev–Trinajstić information content (AvgIpc) is 2.74. The standard InChI is InChI=1S/C22H19NO5/c1-26-18-12-8-17(9-13-18)23-21(24)15-6-10-19(11-7-15)28-22(25)16-4-3-5-20(14-16)27-2/h3-14H,1-2H3,(H,23,24). The Morgan fingerprint density at radius 1 is 0.714 bits per heavy atom. The highest BCUT2D eigenvalue weighted by Gasteiger charge is 2.11. The molecule has 3 rings (SSSR count). The minimum atomic E-state index is -0.505. The van der Waals surface area contributed by atoms with Crippen LogP contribution in [0.3, 0.4) is 0 Å². The van der Waals surface area contributed by atoms with Gasteiger partial charge in [-0.25, -0.2) is 4.79 Å². The predicted octanol–water partition coefficient (Wildman–Crippen LogP) is 4.18. The van der Waals surface area contributed by atoms with E-state index >= 15 is 0 Å². The molecule has 28 heavy (non-hydrogen) atoms. The Morgan fingerprint density at radius 3 is 2.00 bits per heavy atom. The zero-order chi connectivity index (χ0) is 19.9. The van der Waals surface area contributed by atoms with E-state index in [-0.39, 0.29) is 5.91 Å². The smallest absolute Gasteiger partial charge is 0.343 e. The van der Waals surface area contributed by atoms with Gasteiger partial charge in [0.1, 0.15) is 17.2 Å². The number of nitrogens with one attached hydrogen (secondary N) is 1. The van der Waals surface area contributed by atoms with Gasteiger partial charge >= 0.3 is 5.97 Å². The number of benzene rings is 3. The number of hydrogen-bond donors (Lipinski definition) is 1. The van der Waals surface area contributed by atoms with E-state index in [1.54, 1.807) is 79.9 Å². The average molecular weight is 377 g/mol. The minimum absolute atomic E-state index is 0.268. The van der Waals surface area contributed by atoms with E-state index in [2.05, 4.69) is 5.32 Å². The van der Waals surface area contributed by atoms with Crippen LogP contribution in [0, 0.1) is 0 Å². The molecule has 0 saturated carbocycles. The summed E-state index contributed by atoms with van der Waals surface area (Å²) in [6.45, 7) is 0. The fourth-order valence-electron chi connectivity index (χ4n) is 2.47. The van der Waals surface area contributed by atoms with Crippen LogP contribution in [0.2, 0.25) is 0 Å². The molecule has 0 heterocycles. The summed E-state index contributed by atoms with van der Waals surface area (Å²) in [5.41, 5.74) is 1.47. The van der Waals surface area contributed by atoms with Crippen molar-refractivity contribution in [2.45, 2.75) is 0 Å². The zero-order valence-corrected chi connectivity index (χ0v) is 15.5. The van der Waals surface area contributed by atoms with Crippen molar-refractivity contribution >= 4 is 17.6 Å². The van der Waals surface area contributed by atoms with Gasteiger partial charge in [0.05, 0.1) is 19.8 Å². The molecule has 1 N–H and O–H groups in total. The summed E-state index contributed by atoms with van der Waals surface area (Å²) in [5.74, 6) is 0.846. The molecule has 1 amide bonds. The predicted molar refractivity (Wildman–Crippen MR) is 105 cm³/mol. The van der Waals surface area contributed by atoms with Gasteiger partial charge in [-0.15, -0.1) is 0 Å². The van der Waals surface area contributed by atoms with Gasteiger partial charge in [0.15, 0.2) is 0 Å². The monoisotopic (exact) mass is 377 g/mol. The Kier molecular flexibility index (Phi) is 5.91. The van der Waals surface area contributed by atoms with Crippen LogP contribution in [0.15, 0.2) is 72.8 Å². The van der Waals surface area contributed by atoms with Crippen molar-refractivity contribution in [3.05, 3.63) is 83.9 Å². The quantitative estimate of drug-likeness (QED) is 0.515. The fraction of sp³-hybridized carbons (Fsp3) is 0.0909. The second-order valence-electron chi connectivity index (χ2n) is 5.83. The summed E-state index contributed by atoms with van der Waals surface area (Å²) in [6.07, 6.45) is 0. The van der Waals surface area contributed by atoms with Gasteiger partial charge in [-0.05, 0) is 66.7 Å². The molecular formula is C22H19NO5. The number of esters is 1. The maximum Gasteiger partial charge on any atom is 0.343 e.